The first-order chi connectivity index (χ1) is 6.16. The van der Waals surface area contributed by atoms with Crippen LogP contribution < -0.4 is 4.74 Å². The predicted octanol–water partition coefficient (Wildman–Crippen LogP) is 2.24. The lowest BCUT2D eigenvalue weighted by Gasteiger charge is -2.06. The monoisotopic (exact) mass is 182 g/mol. The predicted molar refractivity (Wildman–Crippen MR) is 47.9 cm³/mol. The summed E-state index contributed by atoms with van der Waals surface area (Å²) < 4.78 is 17.6. The zero-order valence-electron chi connectivity index (χ0n) is 7.58. The first-order valence-electron chi connectivity index (χ1n) is 3.98. The van der Waals surface area contributed by atoms with Crippen LogP contribution in [-0.4, -0.2) is 19.1 Å². The van der Waals surface area contributed by atoms with Gasteiger partial charge in [0.2, 0.25) is 0 Å². The van der Waals surface area contributed by atoms with Gasteiger partial charge < -0.3 is 4.74 Å². The molecule has 0 saturated heterocycles. The van der Waals surface area contributed by atoms with Gasteiger partial charge >= 0.3 is 0 Å². The normalized spacial score (nSPS) is 12.2. The molecular formula is C10H11FO2. The third-order valence-electron chi connectivity index (χ3n) is 1.73. The molecule has 2 nitrogen and oxygen atoms in total. The van der Waals surface area contributed by atoms with Crippen molar-refractivity contribution in [1.82, 2.24) is 0 Å². The fraction of sp³-hybridized carbons (Fsp3) is 0.300. The van der Waals surface area contributed by atoms with Crippen LogP contribution in [0.25, 0.3) is 0 Å². The van der Waals surface area contributed by atoms with Crippen LogP contribution in [0.2, 0.25) is 0 Å². The van der Waals surface area contributed by atoms with Crippen LogP contribution >= 0.6 is 0 Å². The molecule has 0 bridgehead atoms. The second kappa shape index (κ2) is 4.03. The number of ether oxygens (including phenoxy) is 1. The highest BCUT2D eigenvalue weighted by molar-refractivity contribution is 6.01. The van der Waals surface area contributed by atoms with Gasteiger partial charge in [-0.05, 0) is 19.1 Å². The SMILES string of the molecule is COc1ccccc1C(=O)C(C)F. The number of hydrogen-bond donors (Lipinski definition) is 0. The Bertz CT molecular complexity index is 308. The van der Waals surface area contributed by atoms with E-state index >= 15 is 0 Å². The van der Waals surface area contributed by atoms with Gasteiger partial charge in [-0.25, -0.2) is 4.39 Å². The van der Waals surface area contributed by atoms with E-state index in [-0.39, 0.29) is 0 Å². The second-order valence-corrected chi connectivity index (χ2v) is 2.68. The fourth-order valence-corrected chi connectivity index (χ4v) is 1.06. The molecule has 0 aliphatic carbocycles. The molecule has 0 aliphatic heterocycles. The molecule has 1 aromatic carbocycles. The van der Waals surface area contributed by atoms with Crippen LogP contribution in [0.15, 0.2) is 24.3 Å². The van der Waals surface area contributed by atoms with Crippen molar-refractivity contribution in [2.24, 2.45) is 0 Å². The maximum absolute atomic E-state index is 12.7. The van der Waals surface area contributed by atoms with Crippen LogP contribution in [0.3, 0.4) is 0 Å². The van der Waals surface area contributed by atoms with Gasteiger partial charge in [-0.15, -0.1) is 0 Å². The first kappa shape index (κ1) is 9.71. The van der Waals surface area contributed by atoms with Gasteiger partial charge in [0.05, 0.1) is 12.7 Å². The first-order valence-corrected chi connectivity index (χ1v) is 3.98. The second-order valence-electron chi connectivity index (χ2n) is 2.68. The van der Waals surface area contributed by atoms with Gasteiger partial charge in [-0.1, -0.05) is 12.1 Å². The molecule has 0 spiro atoms. The number of rotatable bonds is 3. The molecule has 70 valence electrons. The average Bonchev–Trinajstić information content (AvgIpc) is 2.16. The molecule has 13 heavy (non-hydrogen) atoms. The number of methoxy groups -OCH3 is 1. The number of benzene rings is 1. The maximum Gasteiger partial charge on any atom is 0.200 e. The van der Waals surface area contributed by atoms with Gasteiger partial charge in [0.1, 0.15) is 5.75 Å². The zero-order chi connectivity index (χ0) is 9.84. The van der Waals surface area contributed by atoms with Gasteiger partial charge in [-0.3, -0.25) is 4.79 Å². The molecule has 0 aromatic heterocycles. The summed E-state index contributed by atoms with van der Waals surface area (Å²) in [4.78, 5) is 11.3. The molecular weight excluding hydrogens is 171 g/mol. The van der Waals surface area contributed by atoms with E-state index in [2.05, 4.69) is 0 Å². The minimum Gasteiger partial charge on any atom is -0.496 e. The number of Topliss-reactive ketones (excluding diaryl/α,β-unsaturated/α-hetero) is 1. The quantitative estimate of drug-likeness (QED) is 0.670. The molecule has 1 rings (SSSR count). The van der Waals surface area contributed by atoms with E-state index < -0.39 is 12.0 Å². The molecule has 0 aliphatic rings. The van der Waals surface area contributed by atoms with Gasteiger partial charge in [0, 0.05) is 0 Å². The van der Waals surface area contributed by atoms with E-state index in [9.17, 15) is 9.18 Å². The fourth-order valence-electron chi connectivity index (χ4n) is 1.06. The van der Waals surface area contributed by atoms with Crippen LogP contribution in [0, 0.1) is 0 Å². The van der Waals surface area contributed by atoms with E-state index in [1.807, 2.05) is 0 Å². The van der Waals surface area contributed by atoms with Crippen molar-refractivity contribution in [1.29, 1.82) is 0 Å². The molecule has 1 unspecified atom stereocenters. The van der Waals surface area contributed by atoms with E-state index in [1.165, 1.54) is 14.0 Å². The number of alkyl halides is 1. The number of carbonyl (C=O) groups is 1. The van der Waals surface area contributed by atoms with Crippen molar-refractivity contribution in [2.75, 3.05) is 7.11 Å². The summed E-state index contributed by atoms with van der Waals surface area (Å²) >= 11 is 0. The van der Waals surface area contributed by atoms with E-state index in [4.69, 9.17) is 4.74 Å². The Hall–Kier alpha value is -1.38. The molecule has 0 fully saturated rings. The van der Waals surface area contributed by atoms with Crippen molar-refractivity contribution < 1.29 is 13.9 Å². The largest absolute Gasteiger partial charge is 0.496 e. The van der Waals surface area contributed by atoms with Crippen molar-refractivity contribution in [3.05, 3.63) is 29.8 Å². The van der Waals surface area contributed by atoms with E-state index in [1.54, 1.807) is 24.3 Å². The number of hydrogen-bond acceptors (Lipinski definition) is 2. The number of carbonyl (C=O) groups excluding carboxylic acids is 1. The maximum atomic E-state index is 12.7. The highest BCUT2D eigenvalue weighted by Gasteiger charge is 2.17. The summed E-state index contributed by atoms with van der Waals surface area (Å²) in [5.74, 6) is -0.130. The minimum atomic E-state index is -1.49. The molecule has 1 aromatic rings. The third kappa shape index (κ3) is 2.05. The number of ketones is 1. The standard InChI is InChI=1S/C10H11FO2/c1-7(11)10(12)8-5-3-4-6-9(8)13-2/h3-7H,1-2H3. The van der Waals surface area contributed by atoms with Crippen molar-refractivity contribution in [2.45, 2.75) is 13.1 Å². The zero-order valence-corrected chi connectivity index (χ0v) is 7.58. The molecule has 1 atom stereocenters. The summed E-state index contributed by atoms with van der Waals surface area (Å²) in [6, 6.07) is 6.60. The summed E-state index contributed by atoms with van der Waals surface area (Å²) in [6.45, 7) is 1.22. The molecule has 0 radical (unpaired) electrons. The van der Waals surface area contributed by atoms with Crippen molar-refractivity contribution in [3.8, 4) is 5.75 Å². The Morgan fingerprint density at radius 1 is 1.46 bits per heavy atom. The Kier molecular flexibility index (Phi) is 3.01. The van der Waals surface area contributed by atoms with Crippen molar-refractivity contribution in [3.63, 3.8) is 0 Å². The van der Waals surface area contributed by atoms with Crippen LogP contribution in [-0.2, 0) is 0 Å². The summed E-state index contributed by atoms with van der Waals surface area (Å²) in [5, 5.41) is 0. The summed E-state index contributed by atoms with van der Waals surface area (Å²) in [5.41, 5.74) is 0.292. The number of para-hydroxylation sites is 1. The molecule has 0 N–H and O–H groups in total. The lowest BCUT2D eigenvalue weighted by Crippen LogP contribution is -2.12. The summed E-state index contributed by atoms with van der Waals surface area (Å²) in [7, 11) is 1.45. The Morgan fingerprint density at radius 2 is 2.08 bits per heavy atom. The summed E-state index contributed by atoms with van der Waals surface area (Å²) in [6.07, 6.45) is -1.49. The van der Waals surface area contributed by atoms with E-state index in [0.29, 0.717) is 11.3 Å². The molecule has 0 amide bonds. The Morgan fingerprint density at radius 3 is 2.62 bits per heavy atom. The minimum absolute atomic E-state index is 0.292. The molecule has 0 heterocycles. The highest BCUT2D eigenvalue weighted by atomic mass is 19.1. The highest BCUT2D eigenvalue weighted by Crippen LogP contribution is 2.19. The number of halogens is 1. The van der Waals surface area contributed by atoms with Gasteiger partial charge in [-0.2, -0.15) is 0 Å². The Labute approximate surface area is 76.3 Å². The van der Waals surface area contributed by atoms with Gasteiger partial charge in [0.25, 0.3) is 0 Å². The topological polar surface area (TPSA) is 26.3 Å². The smallest absolute Gasteiger partial charge is 0.200 e. The van der Waals surface area contributed by atoms with Crippen molar-refractivity contribution >= 4 is 5.78 Å². The molecule has 0 saturated carbocycles. The van der Waals surface area contributed by atoms with Crippen LogP contribution in [0.4, 0.5) is 4.39 Å². The lowest BCUT2D eigenvalue weighted by molar-refractivity contribution is 0.0889. The van der Waals surface area contributed by atoms with Crippen LogP contribution in [0.1, 0.15) is 17.3 Å². The van der Waals surface area contributed by atoms with E-state index in [0.717, 1.165) is 0 Å². The van der Waals surface area contributed by atoms with Crippen LogP contribution in [0.5, 0.6) is 5.75 Å². The average molecular weight is 182 g/mol. The van der Waals surface area contributed by atoms with Gasteiger partial charge in [0.15, 0.2) is 12.0 Å². The Balaban J connectivity index is 3.06. The lowest BCUT2D eigenvalue weighted by atomic mass is 10.1. The third-order valence-corrected chi connectivity index (χ3v) is 1.73. The molecule has 3 heteroatoms.